The third-order valence-corrected chi connectivity index (χ3v) is 2.20. The van der Waals surface area contributed by atoms with Crippen molar-refractivity contribution in [1.82, 2.24) is 0 Å². The van der Waals surface area contributed by atoms with E-state index in [1.165, 1.54) is 0 Å². The van der Waals surface area contributed by atoms with E-state index >= 15 is 0 Å². The Hall–Kier alpha value is -0.900. The summed E-state index contributed by atoms with van der Waals surface area (Å²) in [5.41, 5.74) is 7.08. The smallest absolute Gasteiger partial charge is 0.0703 e. The van der Waals surface area contributed by atoms with E-state index in [2.05, 4.69) is 0 Å². The van der Waals surface area contributed by atoms with E-state index in [-0.39, 0.29) is 12.1 Å². The third-order valence-electron chi connectivity index (χ3n) is 2.20. The van der Waals surface area contributed by atoms with Gasteiger partial charge in [0.25, 0.3) is 0 Å². The first-order valence-corrected chi connectivity index (χ1v) is 5.70. The maximum atomic E-state index is 5.97. The fourth-order valence-corrected chi connectivity index (χ4v) is 1.35. The average Bonchev–Trinajstić information content (AvgIpc) is 2.29. The van der Waals surface area contributed by atoms with Gasteiger partial charge in [0.15, 0.2) is 0 Å². The Bertz CT molecular complexity index is 275. The van der Waals surface area contributed by atoms with Crippen molar-refractivity contribution in [2.45, 2.75) is 26.0 Å². The Kier molecular flexibility index (Phi) is 6.08. The van der Waals surface area contributed by atoms with Crippen LogP contribution < -0.4 is 5.73 Å². The molecular weight excluding hydrogens is 202 g/mol. The highest BCUT2D eigenvalue weighted by atomic mass is 16.5. The van der Waals surface area contributed by atoms with Crippen LogP contribution in [0.2, 0.25) is 0 Å². The van der Waals surface area contributed by atoms with Crippen molar-refractivity contribution in [2.24, 2.45) is 5.73 Å². The summed E-state index contributed by atoms with van der Waals surface area (Å²) in [5, 5.41) is 0. The maximum Gasteiger partial charge on any atom is 0.0703 e. The molecule has 0 aliphatic heterocycles. The normalized spacial score (nSPS) is 13.0. The van der Waals surface area contributed by atoms with E-state index in [1.807, 2.05) is 44.2 Å². The summed E-state index contributed by atoms with van der Waals surface area (Å²) in [4.78, 5) is 0. The van der Waals surface area contributed by atoms with Crippen molar-refractivity contribution in [3.63, 3.8) is 0 Å². The molecular formula is C13H21NO2. The van der Waals surface area contributed by atoms with Gasteiger partial charge in [-0.2, -0.15) is 0 Å². The minimum Gasteiger partial charge on any atom is -0.377 e. The van der Waals surface area contributed by atoms with Gasteiger partial charge in [-0.15, -0.1) is 0 Å². The van der Waals surface area contributed by atoms with Crippen molar-refractivity contribution < 1.29 is 9.47 Å². The molecule has 0 fully saturated rings. The van der Waals surface area contributed by atoms with E-state index < -0.39 is 0 Å². The highest BCUT2D eigenvalue weighted by Crippen LogP contribution is 2.09. The van der Waals surface area contributed by atoms with Crippen molar-refractivity contribution in [1.29, 1.82) is 0 Å². The van der Waals surface area contributed by atoms with Crippen LogP contribution in [-0.2, 0) is 9.47 Å². The molecule has 1 aromatic rings. The van der Waals surface area contributed by atoms with Gasteiger partial charge in [0, 0.05) is 0 Å². The molecule has 0 saturated heterocycles. The Balaban J connectivity index is 2.14. The number of nitrogens with two attached hydrogens (primary N) is 1. The molecule has 3 nitrogen and oxygen atoms in total. The van der Waals surface area contributed by atoms with Crippen molar-refractivity contribution in [2.75, 3.05) is 19.8 Å². The molecule has 0 heterocycles. The highest BCUT2D eigenvalue weighted by Gasteiger charge is 2.04. The zero-order valence-electron chi connectivity index (χ0n) is 10.1. The molecule has 0 spiro atoms. The minimum absolute atomic E-state index is 0.0553. The van der Waals surface area contributed by atoms with E-state index in [4.69, 9.17) is 15.2 Å². The van der Waals surface area contributed by atoms with Crippen LogP contribution in [0.5, 0.6) is 0 Å². The standard InChI is InChI=1S/C13H21NO2/c1-11(2)16-9-8-15-10-13(14)12-6-4-3-5-7-12/h3-7,11,13H,8-10,14H2,1-2H3. The third kappa shape index (κ3) is 5.26. The molecule has 0 radical (unpaired) electrons. The molecule has 16 heavy (non-hydrogen) atoms. The van der Waals surface area contributed by atoms with E-state index in [0.29, 0.717) is 19.8 Å². The molecule has 1 aromatic carbocycles. The lowest BCUT2D eigenvalue weighted by Crippen LogP contribution is -2.19. The van der Waals surface area contributed by atoms with Crippen molar-refractivity contribution >= 4 is 0 Å². The average molecular weight is 223 g/mol. The molecule has 1 unspecified atom stereocenters. The molecule has 0 aliphatic carbocycles. The van der Waals surface area contributed by atoms with Crippen molar-refractivity contribution in [3.8, 4) is 0 Å². The predicted octanol–water partition coefficient (Wildman–Crippen LogP) is 2.13. The van der Waals surface area contributed by atoms with Crippen LogP contribution in [0.15, 0.2) is 30.3 Å². The highest BCUT2D eigenvalue weighted by molar-refractivity contribution is 5.18. The first-order valence-electron chi connectivity index (χ1n) is 5.70. The molecule has 3 heteroatoms. The van der Waals surface area contributed by atoms with Crippen LogP contribution in [0.3, 0.4) is 0 Å². The summed E-state index contributed by atoms with van der Waals surface area (Å²) >= 11 is 0. The Morgan fingerprint density at radius 2 is 1.81 bits per heavy atom. The number of benzene rings is 1. The van der Waals surface area contributed by atoms with Gasteiger partial charge in [-0.05, 0) is 19.4 Å². The van der Waals surface area contributed by atoms with Gasteiger partial charge in [-0.25, -0.2) is 0 Å². The number of ether oxygens (including phenoxy) is 2. The lowest BCUT2D eigenvalue weighted by atomic mass is 10.1. The topological polar surface area (TPSA) is 44.5 Å². The van der Waals surface area contributed by atoms with Gasteiger partial charge < -0.3 is 15.2 Å². The monoisotopic (exact) mass is 223 g/mol. The number of rotatable bonds is 7. The summed E-state index contributed by atoms with van der Waals surface area (Å²) in [7, 11) is 0. The second-order valence-corrected chi connectivity index (χ2v) is 4.01. The van der Waals surface area contributed by atoms with Crippen molar-refractivity contribution in [3.05, 3.63) is 35.9 Å². The maximum absolute atomic E-state index is 5.97. The van der Waals surface area contributed by atoms with Crippen LogP contribution in [0, 0.1) is 0 Å². The van der Waals surface area contributed by atoms with Crippen LogP contribution >= 0.6 is 0 Å². The van der Waals surface area contributed by atoms with Gasteiger partial charge in [0.1, 0.15) is 0 Å². The van der Waals surface area contributed by atoms with Crippen LogP contribution in [-0.4, -0.2) is 25.9 Å². The van der Waals surface area contributed by atoms with E-state index in [1.54, 1.807) is 0 Å². The number of hydrogen-bond acceptors (Lipinski definition) is 3. The van der Waals surface area contributed by atoms with Gasteiger partial charge in [0.2, 0.25) is 0 Å². The summed E-state index contributed by atoms with van der Waals surface area (Å²) in [6.07, 6.45) is 0.256. The predicted molar refractivity (Wildman–Crippen MR) is 65.3 cm³/mol. The molecule has 1 rings (SSSR count). The first kappa shape index (κ1) is 13.2. The van der Waals surface area contributed by atoms with Crippen LogP contribution in [0.1, 0.15) is 25.5 Å². The Morgan fingerprint density at radius 1 is 1.12 bits per heavy atom. The van der Waals surface area contributed by atoms with Gasteiger partial charge >= 0.3 is 0 Å². The molecule has 1 atom stereocenters. The Labute approximate surface area is 97.6 Å². The lowest BCUT2D eigenvalue weighted by molar-refractivity contribution is 0.0161. The van der Waals surface area contributed by atoms with Crippen LogP contribution in [0.4, 0.5) is 0 Å². The molecule has 0 aromatic heterocycles. The summed E-state index contributed by atoms with van der Waals surface area (Å²) in [5.74, 6) is 0. The fourth-order valence-electron chi connectivity index (χ4n) is 1.35. The van der Waals surface area contributed by atoms with Gasteiger partial charge in [-0.3, -0.25) is 0 Å². The molecule has 0 amide bonds. The molecule has 0 bridgehead atoms. The SMILES string of the molecule is CC(C)OCCOCC(N)c1ccccc1. The molecule has 0 saturated carbocycles. The van der Waals surface area contributed by atoms with Gasteiger partial charge in [-0.1, -0.05) is 30.3 Å². The second-order valence-electron chi connectivity index (χ2n) is 4.01. The molecule has 0 aliphatic rings. The second kappa shape index (κ2) is 7.39. The quantitative estimate of drug-likeness (QED) is 0.720. The molecule has 90 valence electrons. The summed E-state index contributed by atoms with van der Waals surface area (Å²) in [6.45, 7) is 5.77. The largest absolute Gasteiger partial charge is 0.377 e. The lowest BCUT2D eigenvalue weighted by Gasteiger charge is -2.13. The zero-order valence-corrected chi connectivity index (χ0v) is 10.1. The Morgan fingerprint density at radius 3 is 2.44 bits per heavy atom. The summed E-state index contributed by atoms with van der Waals surface area (Å²) < 4.78 is 10.8. The minimum atomic E-state index is -0.0553. The van der Waals surface area contributed by atoms with Crippen LogP contribution in [0.25, 0.3) is 0 Å². The molecule has 2 N–H and O–H groups in total. The fraction of sp³-hybridized carbons (Fsp3) is 0.538. The summed E-state index contributed by atoms with van der Waals surface area (Å²) in [6, 6.07) is 9.92. The van der Waals surface area contributed by atoms with E-state index in [0.717, 1.165) is 5.56 Å². The van der Waals surface area contributed by atoms with E-state index in [9.17, 15) is 0 Å². The number of hydrogen-bond donors (Lipinski definition) is 1. The zero-order chi connectivity index (χ0) is 11.8. The van der Waals surface area contributed by atoms with Gasteiger partial charge in [0.05, 0.1) is 32.0 Å². The first-order chi connectivity index (χ1) is 7.70.